The molecule has 0 N–H and O–H groups in total. The van der Waals surface area contributed by atoms with Crippen LogP contribution in [0.25, 0.3) is 0 Å². The van der Waals surface area contributed by atoms with Crippen molar-refractivity contribution in [2.45, 2.75) is 44.8 Å². The van der Waals surface area contributed by atoms with Crippen molar-refractivity contribution in [3.63, 3.8) is 0 Å². The Balaban J connectivity index is 1.49. The highest BCUT2D eigenvalue weighted by Gasteiger charge is 2.26. The van der Waals surface area contributed by atoms with Gasteiger partial charge in [-0.3, -0.25) is 4.79 Å². The van der Waals surface area contributed by atoms with Crippen molar-refractivity contribution in [1.29, 1.82) is 0 Å². The lowest BCUT2D eigenvalue weighted by molar-refractivity contribution is -0.115. The Bertz CT molecular complexity index is 1170. The fraction of sp³-hybridized carbons (Fsp3) is 0.276. The Kier molecular flexibility index (Phi) is 6.16. The largest absolute Gasteiger partial charge is 0.493 e. The highest BCUT2D eigenvalue weighted by molar-refractivity contribution is 5.91. The lowest BCUT2D eigenvalue weighted by Crippen LogP contribution is -2.25. The predicted molar refractivity (Wildman–Crippen MR) is 131 cm³/mol. The average Bonchev–Trinajstić information content (AvgIpc) is 3.26. The van der Waals surface area contributed by atoms with Gasteiger partial charge in [-0.05, 0) is 54.5 Å². The molecule has 3 aromatic rings. The molecular formula is C29H29NO3. The van der Waals surface area contributed by atoms with Crippen LogP contribution < -0.4 is 14.4 Å². The Labute approximate surface area is 195 Å². The summed E-state index contributed by atoms with van der Waals surface area (Å²) in [5.41, 5.74) is 5.86. The summed E-state index contributed by atoms with van der Waals surface area (Å²) in [6.07, 6.45) is 6.21. The van der Waals surface area contributed by atoms with Gasteiger partial charge in [0.1, 0.15) is 6.10 Å². The Morgan fingerprint density at radius 1 is 0.909 bits per heavy atom. The minimum absolute atomic E-state index is 0.0170. The normalized spacial score (nSPS) is 17.3. The quantitative estimate of drug-likeness (QED) is 0.427. The molecular weight excluding hydrogens is 410 g/mol. The molecule has 33 heavy (non-hydrogen) atoms. The monoisotopic (exact) mass is 439 g/mol. The van der Waals surface area contributed by atoms with Crippen molar-refractivity contribution in [1.82, 2.24) is 0 Å². The zero-order chi connectivity index (χ0) is 22.6. The van der Waals surface area contributed by atoms with Gasteiger partial charge in [0, 0.05) is 36.5 Å². The van der Waals surface area contributed by atoms with Gasteiger partial charge in [-0.15, -0.1) is 0 Å². The lowest BCUT2D eigenvalue weighted by atomic mass is 10.0. The number of ketones is 1. The van der Waals surface area contributed by atoms with Gasteiger partial charge < -0.3 is 14.4 Å². The van der Waals surface area contributed by atoms with Crippen molar-refractivity contribution in [2.24, 2.45) is 0 Å². The number of rotatable bonds is 7. The second kappa shape index (κ2) is 9.53. The molecule has 0 saturated carbocycles. The molecule has 4 heteroatoms. The number of ether oxygens (including phenoxy) is 2. The standard InChI is InChI=1S/C29H29NO3/c1-32-28-17-15-24(19-29(28)33-27-16-14-22-10-5-6-13-26(22)27)30(20-21-8-3-2-4-9-21)23-11-7-12-25(31)18-23/h2-6,8-10,13,15,17-19,27H,7,11-12,14,16,20H2,1H3. The molecule has 0 saturated heterocycles. The molecule has 0 amide bonds. The van der Waals surface area contributed by atoms with Crippen LogP contribution in [-0.4, -0.2) is 12.9 Å². The summed E-state index contributed by atoms with van der Waals surface area (Å²) in [4.78, 5) is 14.5. The molecule has 2 aliphatic rings. The maximum Gasteiger partial charge on any atom is 0.164 e. The fourth-order valence-corrected chi connectivity index (χ4v) is 4.83. The van der Waals surface area contributed by atoms with Crippen LogP contribution in [-0.2, 0) is 17.8 Å². The first-order valence-corrected chi connectivity index (χ1v) is 11.7. The van der Waals surface area contributed by atoms with E-state index in [4.69, 9.17) is 9.47 Å². The van der Waals surface area contributed by atoms with Crippen molar-refractivity contribution < 1.29 is 14.3 Å². The van der Waals surface area contributed by atoms with E-state index in [-0.39, 0.29) is 11.9 Å². The second-order valence-electron chi connectivity index (χ2n) is 8.71. The van der Waals surface area contributed by atoms with Gasteiger partial charge in [0.15, 0.2) is 17.3 Å². The van der Waals surface area contributed by atoms with Crippen LogP contribution in [0.3, 0.4) is 0 Å². The molecule has 0 aliphatic heterocycles. The third kappa shape index (κ3) is 4.65. The maximum absolute atomic E-state index is 12.2. The molecule has 0 fully saturated rings. The van der Waals surface area contributed by atoms with E-state index in [1.807, 2.05) is 30.3 Å². The average molecular weight is 440 g/mol. The maximum atomic E-state index is 12.2. The second-order valence-corrected chi connectivity index (χ2v) is 8.71. The summed E-state index contributed by atoms with van der Waals surface area (Å²) in [6, 6.07) is 24.9. The smallest absolute Gasteiger partial charge is 0.164 e. The summed E-state index contributed by atoms with van der Waals surface area (Å²) in [6.45, 7) is 0.692. The number of methoxy groups -OCH3 is 1. The molecule has 3 aromatic carbocycles. The van der Waals surface area contributed by atoms with Gasteiger partial charge in [0.2, 0.25) is 0 Å². The van der Waals surface area contributed by atoms with E-state index in [1.54, 1.807) is 7.11 Å². The Morgan fingerprint density at radius 3 is 2.55 bits per heavy atom. The van der Waals surface area contributed by atoms with E-state index in [9.17, 15) is 4.79 Å². The SMILES string of the molecule is COc1ccc(N(Cc2ccccc2)C2=CC(=O)CCC2)cc1OC1CCc2ccccc21. The summed E-state index contributed by atoms with van der Waals surface area (Å²) in [7, 11) is 1.68. The van der Waals surface area contributed by atoms with E-state index in [1.165, 1.54) is 16.7 Å². The molecule has 4 nitrogen and oxygen atoms in total. The number of carbonyl (C=O) groups is 1. The third-order valence-corrected chi connectivity index (χ3v) is 6.52. The predicted octanol–water partition coefficient (Wildman–Crippen LogP) is 6.41. The molecule has 2 aliphatic carbocycles. The van der Waals surface area contributed by atoms with Crippen LogP contribution in [0.5, 0.6) is 11.5 Å². The summed E-state index contributed by atoms with van der Waals surface area (Å²) >= 11 is 0. The topological polar surface area (TPSA) is 38.8 Å². The first-order chi connectivity index (χ1) is 16.2. The fourth-order valence-electron chi connectivity index (χ4n) is 4.83. The number of hydrogen-bond acceptors (Lipinski definition) is 4. The zero-order valence-corrected chi connectivity index (χ0v) is 19.0. The van der Waals surface area contributed by atoms with Crippen LogP contribution >= 0.6 is 0 Å². The van der Waals surface area contributed by atoms with E-state index in [0.717, 1.165) is 48.6 Å². The van der Waals surface area contributed by atoms with Gasteiger partial charge in [0.25, 0.3) is 0 Å². The van der Waals surface area contributed by atoms with Crippen LogP contribution in [0.4, 0.5) is 5.69 Å². The van der Waals surface area contributed by atoms with Gasteiger partial charge in [-0.1, -0.05) is 54.6 Å². The Morgan fingerprint density at radius 2 is 1.73 bits per heavy atom. The van der Waals surface area contributed by atoms with Crippen LogP contribution in [0.15, 0.2) is 84.6 Å². The molecule has 0 heterocycles. The molecule has 168 valence electrons. The van der Waals surface area contributed by atoms with Gasteiger partial charge in [-0.2, -0.15) is 0 Å². The highest BCUT2D eigenvalue weighted by Crippen LogP contribution is 2.41. The first-order valence-electron chi connectivity index (χ1n) is 11.7. The van der Waals surface area contributed by atoms with E-state index < -0.39 is 0 Å². The number of anilines is 1. The number of benzene rings is 3. The van der Waals surface area contributed by atoms with E-state index in [2.05, 4.69) is 53.4 Å². The minimum atomic E-state index is 0.0170. The summed E-state index contributed by atoms with van der Waals surface area (Å²) in [5, 5.41) is 0. The van der Waals surface area contributed by atoms with Gasteiger partial charge in [0.05, 0.1) is 7.11 Å². The third-order valence-electron chi connectivity index (χ3n) is 6.52. The van der Waals surface area contributed by atoms with Crippen LogP contribution in [0, 0.1) is 0 Å². The van der Waals surface area contributed by atoms with Crippen LogP contribution in [0.2, 0.25) is 0 Å². The van der Waals surface area contributed by atoms with E-state index >= 15 is 0 Å². The molecule has 1 atom stereocenters. The number of nitrogens with zero attached hydrogens (tertiary/aromatic N) is 1. The lowest BCUT2D eigenvalue weighted by Gasteiger charge is -2.30. The van der Waals surface area contributed by atoms with Crippen molar-refractivity contribution in [3.8, 4) is 11.5 Å². The zero-order valence-electron chi connectivity index (χ0n) is 19.0. The summed E-state index contributed by atoms with van der Waals surface area (Å²) in [5.74, 6) is 1.65. The number of carbonyl (C=O) groups excluding carboxylic acids is 1. The highest BCUT2D eigenvalue weighted by atomic mass is 16.5. The minimum Gasteiger partial charge on any atom is -0.493 e. The molecule has 5 rings (SSSR count). The number of hydrogen-bond donors (Lipinski definition) is 0. The van der Waals surface area contributed by atoms with E-state index in [0.29, 0.717) is 13.0 Å². The number of fused-ring (bicyclic) bond motifs is 1. The number of aryl methyl sites for hydroxylation is 1. The summed E-state index contributed by atoms with van der Waals surface area (Å²) < 4.78 is 12.2. The van der Waals surface area contributed by atoms with Crippen molar-refractivity contribution >= 4 is 11.5 Å². The molecule has 1 unspecified atom stereocenters. The van der Waals surface area contributed by atoms with Gasteiger partial charge in [-0.25, -0.2) is 0 Å². The first kappa shape index (κ1) is 21.3. The van der Waals surface area contributed by atoms with Crippen LogP contribution in [0.1, 0.15) is 48.5 Å². The van der Waals surface area contributed by atoms with Gasteiger partial charge >= 0.3 is 0 Å². The van der Waals surface area contributed by atoms with Crippen molar-refractivity contribution in [2.75, 3.05) is 12.0 Å². The molecule has 0 radical (unpaired) electrons. The molecule has 0 aromatic heterocycles. The Hall–Kier alpha value is -3.53. The van der Waals surface area contributed by atoms with Crippen molar-refractivity contribution in [3.05, 3.63) is 101 Å². The number of allylic oxidation sites excluding steroid dienone is 2. The molecule has 0 bridgehead atoms. The molecule has 0 spiro atoms.